The zero-order valence-electron chi connectivity index (χ0n) is 8.50. The molecule has 0 N–H and O–H groups in total. The lowest BCUT2D eigenvalue weighted by atomic mass is 10.0. The molecule has 0 spiro atoms. The first kappa shape index (κ1) is 11.6. The van der Waals surface area contributed by atoms with Gasteiger partial charge in [0.05, 0.1) is 12.1 Å². The van der Waals surface area contributed by atoms with Crippen molar-refractivity contribution in [2.75, 3.05) is 0 Å². The maximum atomic E-state index is 8.77. The first-order valence-corrected chi connectivity index (χ1v) is 4.16. The predicted octanol–water partition coefficient (Wildman–Crippen LogP) is 2.43. The molecule has 0 saturated heterocycles. The molecule has 0 aromatic rings. The normalized spacial score (nSPS) is 16.2. The molecule has 0 bridgehead atoms. The van der Waals surface area contributed by atoms with Gasteiger partial charge in [-0.05, 0) is 27.2 Å². The molecular weight excluding hydrogens is 164 g/mol. The Morgan fingerprint density at radius 1 is 1.08 bits per heavy atom. The van der Waals surface area contributed by atoms with Crippen LogP contribution in [0.1, 0.15) is 34.1 Å². The van der Waals surface area contributed by atoms with Crippen molar-refractivity contribution in [3.05, 3.63) is 0 Å². The number of nitrogens with zero attached hydrogens (tertiary/aromatic N) is 4. The van der Waals surface area contributed by atoms with E-state index in [2.05, 4.69) is 16.3 Å². The van der Waals surface area contributed by atoms with Crippen molar-refractivity contribution in [3.8, 4) is 12.1 Å². The molecule has 0 amide bonds. The summed E-state index contributed by atoms with van der Waals surface area (Å²) in [5.41, 5.74) is -1.64. The van der Waals surface area contributed by atoms with Crippen LogP contribution in [0.5, 0.6) is 0 Å². The van der Waals surface area contributed by atoms with E-state index in [1.165, 1.54) is 0 Å². The molecule has 0 aromatic heterocycles. The van der Waals surface area contributed by atoms with Crippen LogP contribution in [0.2, 0.25) is 0 Å². The van der Waals surface area contributed by atoms with Crippen LogP contribution >= 0.6 is 0 Å². The molecule has 4 heteroatoms. The molecule has 1 atom stereocenters. The Bertz CT molecular complexity index is 279. The highest BCUT2D eigenvalue weighted by atomic mass is 15.2. The molecule has 0 aromatic carbocycles. The van der Waals surface area contributed by atoms with Crippen LogP contribution in [0.4, 0.5) is 0 Å². The van der Waals surface area contributed by atoms with E-state index < -0.39 is 11.1 Å². The summed E-state index contributed by atoms with van der Waals surface area (Å²) in [6, 6.07) is 4.05. The largest absolute Gasteiger partial charge is 0.196 e. The van der Waals surface area contributed by atoms with E-state index >= 15 is 0 Å². The Balaban J connectivity index is 4.64. The molecule has 0 rings (SSSR count). The van der Waals surface area contributed by atoms with Gasteiger partial charge in [0.15, 0.2) is 11.1 Å². The van der Waals surface area contributed by atoms with Crippen molar-refractivity contribution in [2.24, 2.45) is 10.2 Å². The van der Waals surface area contributed by atoms with Crippen molar-refractivity contribution >= 4 is 0 Å². The number of nitriles is 2. The fourth-order valence-corrected chi connectivity index (χ4v) is 0.430. The first-order chi connectivity index (χ1) is 5.89. The van der Waals surface area contributed by atoms with Crippen LogP contribution in [-0.2, 0) is 0 Å². The van der Waals surface area contributed by atoms with Gasteiger partial charge in [0.2, 0.25) is 0 Å². The van der Waals surface area contributed by atoms with Crippen LogP contribution in [0, 0.1) is 22.7 Å². The summed E-state index contributed by atoms with van der Waals surface area (Å²) >= 11 is 0. The van der Waals surface area contributed by atoms with Crippen molar-refractivity contribution < 1.29 is 0 Å². The van der Waals surface area contributed by atoms with E-state index in [-0.39, 0.29) is 0 Å². The maximum Gasteiger partial charge on any atom is 0.164 e. The van der Waals surface area contributed by atoms with Gasteiger partial charge in [0, 0.05) is 0 Å². The highest BCUT2D eigenvalue weighted by Gasteiger charge is 2.23. The molecule has 4 nitrogen and oxygen atoms in total. The van der Waals surface area contributed by atoms with E-state index in [1.807, 2.05) is 13.0 Å². The molecule has 13 heavy (non-hydrogen) atoms. The summed E-state index contributed by atoms with van der Waals surface area (Å²) < 4.78 is 0. The minimum absolute atomic E-state index is 0.592. The summed E-state index contributed by atoms with van der Waals surface area (Å²) in [6.07, 6.45) is 0.592. The monoisotopic (exact) mass is 178 g/mol. The van der Waals surface area contributed by atoms with E-state index in [1.54, 1.807) is 20.8 Å². The van der Waals surface area contributed by atoms with E-state index in [9.17, 15) is 0 Å². The molecule has 1 unspecified atom stereocenters. The molecule has 0 aliphatic heterocycles. The Kier molecular flexibility index (Phi) is 3.56. The minimum atomic E-state index is -0.840. The highest BCUT2D eigenvalue weighted by molar-refractivity contribution is 5.05. The lowest BCUT2D eigenvalue weighted by molar-refractivity contribution is 0.499. The summed E-state index contributed by atoms with van der Waals surface area (Å²) in [4.78, 5) is 0. The Morgan fingerprint density at radius 3 is 1.92 bits per heavy atom. The van der Waals surface area contributed by atoms with Gasteiger partial charge in [-0.2, -0.15) is 20.8 Å². The third-order valence-electron chi connectivity index (χ3n) is 1.72. The van der Waals surface area contributed by atoms with Gasteiger partial charge in [-0.15, -0.1) is 0 Å². The van der Waals surface area contributed by atoms with Gasteiger partial charge in [0.1, 0.15) is 0 Å². The highest BCUT2D eigenvalue weighted by Crippen LogP contribution is 2.17. The second kappa shape index (κ2) is 4.00. The number of hydrogen-bond acceptors (Lipinski definition) is 4. The molecule has 0 fully saturated rings. The first-order valence-electron chi connectivity index (χ1n) is 4.16. The predicted molar refractivity (Wildman–Crippen MR) is 48.9 cm³/mol. The second-order valence-electron chi connectivity index (χ2n) is 3.61. The Labute approximate surface area is 78.9 Å². The molecule has 0 radical (unpaired) electrons. The summed E-state index contributed by atoms with van der Waals surface area (Å²) in [7, 11) is 0. The van der Waals surface area contributed by atoms with Gasteiger partial charge in [-0.25, -0.2) is 0 Å². The van der Waals surface area contributed by atoms with Crippen molar-refractivity contribution in [1.29, 1.82) is 10.5 Å². The SMILES string of the molecule is CCC(C)(C#N)N=NC(C)(C)C#N. The van der Waals surface area contributed by atoms with Gasteiger partial charge >= 0.3 is 0 Å². The number of hydrogen-bond donors (Lipinski definition) is 0. The molecule has 0 aliphatic carbocycles. The average molecular weight is 178 g/mol. The number of azo groups is 1. The molecule has 0 aliphatic rings. The van der Waals surface area contributed by atoms with Crippen LogP contribution in [0.25, 0.3) is 0 Å². The van der Waals surface area contributed by atoms with E-state index in [0.29, 0.717) is 6.42 Å². The fourth-order valence-electron chi connectivity index (χ4n) is 0.430. The number of rotatable bonds is 3. The van der Waals surface area contributed by atoms with Gasteiger partial charge in [-0.3, -0.25) is 0 Å². The lowest BCUT2D eigenvalue weighted by Crippen LogP contribution is -2.20. The second-order valence-corrected chi connectivity index (χ2v) is 3.61. The minimum Gasteiger partial charge on any atom is -0.196 e. The van der Waals surface area contributed by atoms with Crippen LogP contribution in [-0.4, -0.2) is 11.1 Å². The third kappa shape index (κ3) is 3.66. The van der Waals surface area contributed by atoms with Crippen LogP contribution in [0.3, 0.4) is 0 Å². The third-order valence-corrected chi connectivity index (χ3v) is 1.72. The fraction of sp³-hybridized carbons (Fsp3) is 0.778. The van der Waals surface area contributed by atoms with Crippen molar-refractivity contribution in [1.82, 2.24) is 0 Å². The molecular formula is C9H14N4. The van der Waals surface area contributed by atoms with Crippen LogP contribution < -0.4 is 0 Å². The Morgan fingerprint density at radius 2 is 1.62 bits per heavy atom. The topological polar surface area (TPSA) is 72.3 Å². The van der Waals surface area contributed by atoms with E-state index in [0.717, 1.165) is 0 Å². The quantitative estimate of drug-likeness (QED) is 0.622. The van der Waals surface area contributed by atoms with Gasteiger partial charge < -0.3 is 0 Å². The lowest BCUT2D eigenvalue weighted by Gasteiger charge is -2.14. The summed E-state index contributed by atoms with van der Waals surface area (Å²) in [6.45, 7) is 6.87. The molecule has 0 saturated carbocycles. The molecule has 0 heterocycles. The average Bonchev–Trinajstić information content (AvgIpc) is 2.14. The van der Waals surface area contributed by atoms with Gasteiger partial charge in [-0.1, -0.05) is 6.92 Å². The van der Waals surface area contributed by atoms with E-state index in [4.69, 9.17) is 10.5 Å². The zero-order chi connectivity index (χ0) is 10.5. The van der Waals surface area contributed by atoms with Gasteiger partial charge in [0.25, 0.3) is 0 Å². The van der Waals surface area contributed by atoms with Crippen molar-refractivity contribution in [2.45, 2.75) is 45.2 Å². The summed E-state index contributed by atoms with van der Waals surface area (Å²) in [5.74, 6) is 0. The summed E-state index contributed by atoms with van der Waals surface area (Å²) in [5, 5.41) is 25.1. The van der Waals surface area contributed by atoms with Crippen molar-refractivity contribution in [3.63, 3.8) is 0 Å². The molecule has 70 valence electrons. The Hall–Kier alpha value is -1.42. The zero-order valence-corrected chi connectivity index (χ0v) is 8.50. The smallest absolute Gasteiger partial charge is 0.164 e. The maximum absolute atomic E-state index is 8.77. The standard InChI is InChI=1S/C9H14N4/c1-5-9(4,7-11)13-12-8(2,3)6-10/h5H2,1-4H3. The van der Waals surface area contributed by atoms with Crippen LogP contribution in [0.15, 0.2) is 10.2 Å².